The SMILES string of the molecule is CCO.C[C-]=CC=CC.C[C-]=CC=CC.[Cl-].[Hf]. The Hall–Kier alpha value is 0.0801. The summed E-state index contributed by atoms with van der Waals surface area (Å²) in [6, 6.07) is 0. The summed E-state index contributed by atoms with van der Waals surface area (Å²) in [5.74, 6) is 0. The van der Waals surface area contributed by atoms with Gasteiger partial charge in [-0.1, -0.05) is 13.8 Å². The topological polar surface area (TPSA) is 20.2 Å². The minimum Gasteiger partial charge on any atom is -1.00 e. The fourth-order valence-electron chi connectivity index (χ4n) is 0.385. The molecule has 0 amide bonds. The molecule has 17 heavy (non-hydrogen) atoms. The average molecular weight is 422 g/mol. The first kappa shape index (κ1) is 30.3. The van der Waals surface area contributed by atoms with E-state index < -0.39 is 0 Å². The van der Waals surface area contributed by atoms with E-state index in [0.717, 1.165) is 0 Å². The van der Waals surface area contributed by atoms with Crippen molar-refractivity contribution < 1.29 is 43.4 Å². The van der Waals surface area contributed by atoms with Crippen LogP contribution >= 0.6 is 0 Å². The molecule has 0 aliphatic heterocycles. The number of hydrogen-bond acceptors (Lipinski definition) is 1. The van der Waals surface area contributed by atoms with Crippen LogP contribution in [0.3, 0.4) is 0 Å². The zero-order valence-corrected chi connectivity index (χ0v) is 15.8. The van der Waals surface area contributed by atoms with Gasteiger partial charge in [0, 0.05) is 32.5 Å². The number of halogens is 1. The van der Waals surface area contributed by atoms with E-state index in [4.69, 9.17) is 5.11 Å². The van der Waals surface area contributed by atoms with Crippen LogP contribution in [-0.2, 0) is 25.8 Å². The maximum Gasteiger partial charge on any atom is 0.0402 e. The largest absolute Gasteiger partial charge is 1.00 e. The van der Waals surface area contributed by atoms with Crippen LogP contribution in [0.5, 0.6) is 0 Å². The van der Waals surface area contributed by atoms with Gasteiger partial charge in [0.1, 0.15) is 0 Å². The molecule has 0 radical (unpaired) electrons. The van der Waals surface area contributed by atoms with Crippen LogP contribution in [0.4, 0.5) is 0 Å². The van der Waals surface area contributed by atoms with Crippen molar-refractivity contribution in [3.05, 3.63) is 48.6 Å². The van der Waals surface area contributed by atoms with Gasteiger partial charge in [0.15, 0.2) is 0 Å². The second-order valence-electron chi connectivity index (χ2n) is 2.28. The van der Waals surface area contributed by atoms with E-state index >= 15 is 0 Å². The van der Waals surface area contributed by atoms with Crippen molar-refractivity contribution in [1.82, 2.24) is 0 Å². The Kier molecular flexibility index (Phi) is 79.0. The average Bonchev–Trinajstić information content (AvgIpc) is 2.25. The van der Waals surface area contributed by atoms with E-state index in [1.165, 1.54) is 0 Å². The molecule has 0 aromatic heterocycles. The van der Waals surface area contributed by atoms with Crippen molar-refractivity contribution in [2.75, 3.05) is 6.61 Å². The third-order valence-electron chi connectivity index (χ3n) is 0.911. The van der Waals surface area contributed by atoms with Crippen LogP contribution in [-0.4, -0.2) is 11.7 Å². The van der Waals surface area contributed by atoms with E-state index in [-0.39, 0.29) is 44.9 Å². The fraction of sp³-hybridized carbons (Fsp3) is 0.429. The summed E-state index contributed by atoms with van der Waals surface area (Å²) in [6.07, 6.45) is 17.3. The van der Waals surface area contributed by atoms with Crippen LogP contribution in [0.1, 0.15) is 34.6 Å². The molecule has 1 nitrogen and oxygen atoms in total. The zero-order chi connectivity index (χ0) is 12.4. The Bertz CT molecular complexity index is 145. The van der Waals surface area contributed by atoms with E-state index in [0.29, 0.717) is 0 Å². The predicted molar refractivity (Wildman–Crippen MR) is 69.4 cm³/mol. The van der Waals surface area contributed by atoms with Crippen LogP contribution in [0.2, 0.25) is 0 Å². The second-order valence-corrected chi connectivity index (χ2v) is 2.28. The summed E-state index contributed by atoms with van der Waals surface area (Å²) in [5.41, 5.74) is 0. The Balaban J connectivity index is -0.0000000421. The van der Waals surface area contributed by atoms with E-state index in [1.54, 1.807) is 6.92 Å². The van der Waals surface area contributed by atoms with Crippen LogP contribution < -0.4 is 12.4 Å². The molecule has 0 unspecified atom stereocenters. The van der Waals surface area contributed by atoms with Crippen LogP contribution in [0.15, 0.2) is 36.5 Å². The Morgan fingerprint density at radius 3 is 1.24 bits per heavy atom. The Morgan fingerprint density at radius 1 is 0.941 bits per heavy atom. The van der Waals surface area contributed by atoms with Gasteiger partial charge in [0.2, 0.25) is 0 Å². The Morgan fingerprint density at radius 2 is 1.18 bits per heavy atom. The van der Waals surface area contributed by atoms with Gasteiger partial charge >= 0.3 is 0 Å². The van der Waals surface area contributed by atoms with Gasteiger partial charge in [0.25, 0.3) is 0 Å². The molecule has 0 spiro atoms. The predicted octanol–water partition coefficient (Wildman–Crippen LogP) is 0.884. The fourth-order valence-corrected chi connectivity index (χ4v) is 0.385. The molecular formula is C14H24ClHfO-3. The monoisotopic (exact) mass is 423 g/mol. The molecule has 0 aromatic carbocycles. The van der Waals surface area contributed by atoms with Gasteiger partial charge < -0.3 is 17.5 Å². The molecule has 0 saturated heterocycles. The quantitative estimate of drug-likeness (QED) is 0.398. The first-order valence-corrected chi connectivity index (χ1v) is 5.09. The normalized spacial score (nSPS) is 9.29. The molecule has 0 saturated carbocycles. The van der Waals surface area contributed by atoms with Crippen molar-refractivity contribution in [3.63, 3.8) is 0 Å². The van der Waals surface area contributed by atoms with E-state index in [2.05, 4.69) is 12.2 Å². The van der Waals surface area contributed by atoms with Crippen molar-refractivity contribution in [2.24, 2.45) is 0 Å². The van der Waals surface area contributed by atoms with Crippen molar-refractivity contribution in [1.29, 1.82) is 0 Å². The molecule has 0 aliphatic carbocycles. The van der Waals surface area contributed by atoms with Crippen molar-refractivity contribution in [2.45, 2.75) is 34.6 Å². The van der Waals surface area contributed by atoms with Gasteiger partial charge in [-0.15, -0.1) is 13.8 Å². The van der Waals surface area contributed by atoms with Gasteiger partial charge in [-0.25, -0.2) is 24.3 Å². The van der Waals surface area contributed by atoms with Crippen molar-refractivity contribution in [3.8, 4) is 0 Å². The van der Waals surface area contributed by atoms with Crippen LogP contribution in [0, 0.1) is 12.2 Å². The maximum atomic E-state index is 7.57. The summed E-state index contributed by atoms with van der Waals surface area (Å²) in [4.78, 5) is 0. The molecule has 0 bridgehead atoms. The minimum absolute atomic E-state index is 0. The van der Waals surface area contributed by atoms with E-state index in [9.17, 15) is 0 Å². The number of allylic oxidation sites excluding steroid dienone is 8. The summed E-state index contributed by atoms with van der Waals surface area (Å²) in [7, 11) is 0. The number of aliphatic hydroxyl groups excluding tert-OH is 1. The second kappa shape index (κ2) is 44.4. The standard InChI is InChI=1S/2C6H9.C2H6O.ClH.Hf/c2*1-3-5-6-4-2;1-2-3;;/h2*3,5-6H,1-2H3;3H,2H2,1H3;1H;/q2*-1;;;/p-1. The summed E-state index contributed by atoms with van der Waals surface area (Å²) in [5, 5.41) is 7.57. The number of hydrogen-bond donors (Lipinski definition) is 1. The molecule has 0 aromatic rings. The maximum absolute atomic E-state index is 7.57. The molecule has 0 fully saturated rings. The number of aliphatic hydroxyl groups is 1. The van der Waals surface area contributed by atoms with Gasteiger partial charge in [-0.2, -0.15) is 12.2 Å². The minimum atomic E-state index is 0. The smallest absolute Gasteiger partial charge is 0.0402 e. The third-order valence-corrected chi connectivity index (χ3v) is 0.911. The third kappa shape index (κ3) is 86.2. The van der Waals surface area contributed by atoms with Gasteiger partial charge in [-0.3, -0.25) is 12.2 Å². The molecule has 0 atom stereocenters. The molecule has 0 rings (SSSR count). The molecule has 1 N–H and O–H groups in total. The molecular weight excluding hydrogens is 398 g/mol. The summed E-state index contributed by atoms with van der Waals surface area (Å²) in [6.45, 7) is 9.64. The van der Waals surface area contributed by atoms with Crippen LogP contribution in [0.25, 0.3) is 0 Å². The first-order valence-electron chi connectivity index (χ1n) is 5.09. The molecule has 0 aliphatic rings. The number of rotatable bonds is 2. The summed E-state index contributed by atoms with van der Waals surface area (Å²) < 4.78 is 0. The molecule has 0 heterocycles. The first-order chi connectivity index (χ1) is 7.24. The van der Waals surface area contributed by atoms with Gasteiger partial charge in [0.05, 0.1) is 0 Å². The van der Waals surface area contributed by atoms with Crippen molar-refractivity contribution >= 4 is 0 Å². The van der Waals surface area contributed by atoms with E-state index in [1.807, 2.05) is 64.2 Å². The molecule has 100 valence electrons. The van der Waals surface area contributed by atoms with Gasteiger partial charge in [-0.05, 0) is 6.92 Å². The Labute approximate surface area is 133 Å². The zero-order valence-electron chi connectivity index (χ0n) is 11.5. The molecule has 3 heteroatoms. The summed E-state index contributed by atoms with van der Waals surface area (Å²) >= 11 is 0.